The fraction of sp³-hybridized carbons (Fsp3) is 0.143. The van der Waals surface area contributed by atoms with E-state index < -0.39 is 0 Å². The van der Waals surface area contributed by atoms with Crippen LogP contribution < -0.4 is 11.3 Å². The Morgan fingerprint density at radius 1 is 1.54 bits per heavy atom. The molecule has 68 valence electrons. The molecule has 2 aromatic rings. The number of hydrogen-bond acceptors (Lipinski definition) is 4. The zero-order valence-corrected chi connectivity index (χ0v) is 8.22. The van der Waals surface area contributed by atoms with E-state index in [-0.39, 0.29) is 5.56 Å². The lowest BCUT2D eigenvalue weighted by molar-refractivity contribution is 1.08. The molecule has 4 nitrogen and oxygen atoms in total. The number of hydrogen-bond donors (Lipinski definition) is 3. The molecule has 0 aromatic carbocycles. The molecule has 0 radical (unpaired) electrons. The lowest BCUT2D eigenvalue weighted by Crippen LogP contribution is -2.09. The molecule has 4 N–H and O–H groups in total. The molecular weight excluding hydrogens is 206 g/mol. The third-order valence-corrected chi connectivity index (χ3v) is 2.92. The van der Waals surface area contributed by atoms with Crippen LogP contribution in [0.5, 0.6) is 0 Å². The van der Waals surface area contributed by atoms with Gasteiger partial charge in [-0.1, -0.05) is 0 Å². The van der Waals surface area contributed by atoms with Crippen LogP contribution in [0.4, 0.5) is 0 Å². The van der Waals surface area contributed by atoms with Gasteiger partial charge in [-0.25, -0.2) is 0 Å². The zero-order valence-electron chi connectivity index (χ0n) is 6.59. The van der Waals surface area contributed by atoms with Crippen LogP contribution >= 0.6 is 23.6 Å². The SMILES string of the molecule is NCc1csc2[nH]c(=S)[nH]c(=O)c12. The number of fused-ring (bicyclic) bond motifs is 1. The Morgan fingerprint density at radius 2 is 2.31 bits per heavy atom. The van der Waals surface area contributed by atoms with Gasteiger partial charge in [0.25, 0.3) is 5.56 Å². The third-order valence-electron chi connectivity index (χ3n) is 1.77. The molecule has 2 aromatic heterocycles. The minimum absolute atomic E-state index is 0.166. The van der Waals surface area contributed by atoms with Gasteiger partial charge in [-0.05, 0) is 23.2 Å². The van der Waals surface area contributed by atoms with E-state index in [2.05, 4.69) is 9.97 Å². The molecule has 0 aliphatic heterocycles. The molecule has 0 aliphatic carbocycles. The van der Waals surface area contributed by atoms with Gasteiger partial charge in [-0.3, -0.25) is 9.78 Å². The molecule has 0 fully saturated rings. The van der Waals surface area contributed by atoms with Gasteiger partial charge in [0, 0.05) is 6.54 Å². The molecular formula is C7H7N3OS2. The van der Waals surface area contributed by atoms with Gasteiger partial charge in [-0.2, -0.15) is 0 Å². The Kier molecular flexibility index (Phi) is 2.03. The summed E-state index contributed by atoms with van der Waals surface area (Å²) >= 11 is 6.28. The highest BCUT2D eigenvalue weighted by molar-refractivity contribution is 7.71. The van der Waals surface area contributed by atoms with Crippen molar-refractivity contribution in [2.75, 3.05) is 0 Å². The third kappa shape index (κ3) is 1.32. The highest BCUT2D eigenvalue weighted by Crippen LogP contribution is 2.19. The summed E-state index contributed by atoms with van der Waals surface area (Å²) in [6.45, 7) is 0.369. The summed E-state index contributed by atoms with van der Waals surface area (Å²) in [7, 11) is 0. The Bertz CT molecular complexity index is 551. The Hall–Kier alpha value is -0.980. The van der Waals surface area contributed by atoms with Crippen LogP contribution in [-0.2, 0) is 6.54 Å². The first-order valence-corrected chi connectivity index (χ1v) is 4.94. The van der Waals surface area contributed by atoms with E-state index in [0.29, 0.717) is 16.7 Å². The summed E-state index contributed by atoms with van der Waals surface area (Å²) < 4.78 is 0.350. The summed E-state index contributed by atoms with van der Waals surface area (Å²) in [4.78, 5) is 17.7. The smallest absolute Gasteiger partial charge is 0.260 e. The topological polar surface area (TPSA) is 74.7 Å². The molecule has 0 bridgehead atoms. The number of nitrogens with one attached hydrogen (secondary N) is 2. The van der Waals surface area contributed by atoms with Crippen LogP contribution in [0.1, 0.15) is 5.56 Å². The van der Waals surface area contributed by atoms with E-state index in [0.717, 1.165) is 10.4 Å². The van der Waals surface area contributed by atoms with Crippen molar-refractivity contribution in [3.8, 4) is 0 Å². The molecule has 13 heavy (non-hydrogen) atoms. The highest BCUT2D eigenvalue weighted by Gasteiger charge is 2.06. The number of thiophene rings is 1. The summed E-state index contributed by atoms with van der Waals surface area (Å²) in [5.41, 5.74) is 6.17. The van der Waals surface area contributed by atoms with Crippen molar-refractivity contribution in [2.24, 2.45) is 5.73 Å². The van der Waals surface area contributed by atoms with Crippen LogP contribution in [0.25, 0.3) is 10.2 Å². The molecule has 2 heterocycles. The van der Waals surface area contributed by atoms with Gasteiger partial charge in [-0.15, -0.1) is 11.3 Å². The maximum atomic E-state index is 11.4. The Labute approximate surface area is 82.4 Å². The van der Waals surface area contributed by atoms with E-state index in [1.54, 1.807) is 0 Å². The highest BCUT2D eigenvalue weighted by atomic mass is 32.1. The van der Waals surface area contributed by atoms with Crippen LogP contribution in [0.3, 0.4) is 0 Å². The van der Waals surface area contributed by atoms with Crippen molar-refractivity contribution < 1.29 is 0 Å². The first-order chi connectivity index (χ1) is 6.22. The molecule has 0 atom stereocenters. The number of aromatic amines is 2. The van der Waals surface area contributed by atoms with Crippen LogP contribution in [0.15, 0.2) is 10.2 Å². The van der Waals surface area contributed by atoms with E-state index in [9.17, 15) is 4.79 Å². The van der Waals surface area contributed by atoms with Gasteiger partial charge in [0.2, 0.25) is 0 Å². The monoisotopic (exact) mass is 213 g/mol. The maximum Gasteiger partial charge on any atom is 0.260 e. The van der Waals surface area contributed by atoms with Crippen LogP contribution in [0.2, 0.25) is 0 Å². The minimum atomic E-state index is -0.166. The summed E-state index contributed by atoms with van der Waals surface area (Å²) in [6, 6.07) is 0. The van der Waals surface area contributed by atoms with Gasteiger partial charge in [0.1, 0.15) is 4.83 Å². The zero-order chi connectivity index (χ0) is 9.42. The Morgan fingerprint density at radius 3 is 3.00 bits per heavy atom. The van der Waals surface area contributed by atoms with Crippen LogP contribution in [-0.4, -0.2) is 9.97 Å². The maximum absolute atomic E-state index is 11.4. The van der Waals surface area contributed by atoms with Gasteiger partial charge in [0.05, 0.1) is 5.39 Å². The number of H-pyrrole nitrogens is 2. The molecule has 0 aliphatic rings. The van der Waals surface area contributed by atoms with E-state index in [1.807, 2.05) is 5.38 Å². The standard InChI is InChI=1S/C7H7N3OS2/c8-1-3-2-13-6-4(3)5(11)9-7(12)10-6/h2H,1,8H2,(H2,9,10,11,12). The first-order valence-electron chi connectivity index (χ1n) is 3.65. The first kappa shape index (κ1) is 8.61. The second kappa shape index (κ2) is 3.06. The van der Waals surface area contributed by atoms with Crippen molar-refractivity contribution in [3.05, 3.63) is 26.1 Å². The summed E-state index contributed by atoms with van der Waals surface area (Å²) in [5, 5.41) is 2.49. The van der Waals surface area contributed by atoms with Crippen molar-refractivity contribution in [2.45, 2.75) is 6.54 Å². The molecule has 6 heteroatoms. The van der Waals surface area contributed by atoms with Gasteiger partial charge < -0.3 is 10.7 Å². The molecule has 0 saturated carbocycles. The molecule has 0 amide bonds. The fourth-order valence-electron chi connectivity index (χ4n) is 1.18. The average Bonchev–Trinajstić information content (AvgIpc) is 2.47. The average molecular weight is 213 g/mol. The quantitative estimate of drug-likeness (QED) is 0.621. The summed E-state index contributed by atoms with van der Waals surface area (Å²) in [5.74, 6) is 0. The molecule has 0 saturated heterocycles. The van der Waals surface area contributed by atoms with Crippen molar-refractivity contribution >= 4 is 33.8 Å². The minimum Gasteiger partial charge on any atom is -0.326 e. The van der Waals surface area contributed by atoms with E-state index >= 15 is 0 Å². The van der Waals surface area contributed by atoms with Gasteiger partial charge >= 0.3 is 0 Å². The number of rotatable bonds is 1. The molecule has 2 rings (SSSR count). The predicted molar refractivity (Wildman–Crippen MR) is 55.5 cm³/mol. The summed E-state index contributed by atoms with van der Waals surface area (Å²) in [6.07, 6.45) is 0. The van der Waals surface area contributed by atoms with Crippen LogP contribution in [0, 0.1) is 4.77 Å². The second-order valence-corrected chi connectivity index (χ2v) is 3.87. The molecule has 0 spiro atoms. The van der Waals surface area contributed by atoms with Crippen molar-refractivity contribution in [3.63, 3.8) is 0 Å². The number of aromatic nitrogens is 2. The molecule has 0 unspecified atom stereocenters. The predicted octanol–water partition coefficient (Wildman–Crippen LogP) is 1.11. The largest absolute Gasteiger partial charge is 0.326 e. The van der Waals surface area contributed by atoms with Crippen molar-refractivity contribution in [1.82, 2.24) is 9.97 Å². The second-order valence-electron chi connectivity index (χ2n) is 2.58. The lowest BCUT2D eigenvalue weighted by atomic mass is 10.2. The lowest BCUT2D eigenvalue weighted by Gasteiger charge is -1.92. The van der Waals surface area contributed by atoms with E-state index in [4.69, 9.17) is 18.0 Å². The Balaban J connectivity index is 2.99. The van der Waals surface area contributed by atoms with Crippen molar-refractivity contribution in [1.29, 1.82) is 0 Å². The normalized spacial score (nSPS) is 10.8. The fourth-order valence-corrected chi connectivity index (χ4v) is 2.42. The van der Waals surface area contributed by atoms with Gasteiger partial charge in [0.15, 0.2) is 4.77 Å². The van der Waals surface area contributed by atoms with E-state index in [1.165, 1.54) is 11.3 Å². The number of nitrogens with two attached hydrogens (primary N) is 1.